The first kappa shape index (κ1) is 34.2. The van der Waals surface area contributed by atoms with E-state index in [1.54, 1.807) is 4.40 Å². The van der Waals surface area contributed by atoms with E-state index < -0.39 is 24.4 Å². The maximum absolute atomic E-state index is 11.5. The van der Waals surface area contributed by atoms with Gasteiger partial charge in [-0.3, -0.25) is 8.80 Å². The molecule has 0 amide bonds. The molecule has 0 aliphatic carbocycles. The summed E-state index contributed by atoms with van der Waals surface area (Å²) in [5.74, 6) is -0.188. The van der Waals surface area contributed by atoms with Crippen LogP contribution in [0.15, 0.2) is 72.2 Å². The number of carbonyl (C=O) groups excluding carboxylic acids is 2. The molecule has 13 heteroatoms. The van der Waals surface area contributed by atoms with Crippen LogP contribution >= 0.6 is 15.9 Å². The van der Waals surface area contributed by atoms with E-state index in [4.69, 9.17) is 4.74 Å². The first-order valence-corrected chi connectivity index (χ1v) is 12.8. The minimum atomic E-state index is -4.75. The predicted octanol–water partition coefficient (Wildman–Crippen LogP) is 7.40. The molecule has 0 saturated carbocycles. The molecule has 0 aromatic carbocycles. The van der Waals surface area contributed by atoms with Crippen molar-refractivity contribution in [2.24, 2.45) is 0 Å². The van der Waals surface area contributed by atoms with Gasteiger partial charge >= 0.3 is 18.9 Å². The molecular formula is C27H32BBrF3N4O4-. The Balaban J connectivity index is 0.000000304. The third-order valence-corrected chi connectivity index (χ3v) is 5.31. The van der Waals surface area contributed by atoms with E-state index in [0.717, 1.165) is 23.5 Å². The second-order valence-corrected chi connectivity index (χ2v) is 9.03. The molecule has 0 aliphatic heterocycles. The zero-order valence-electron chi connectivity index (χ0n) is 23.3. The number of allylic oxidation sites excluding steroid dienone is 2. The van der Waals surface area contributed by atoms with Crippen molar-refractivity contribution in [3.05, 3.63) is 89.4 Å². The fourth-order valence-corrected chi connectivity index (χ4v) is 3.32. The number of imidazole rings is 2. The average molecular weight is 624 g/mol. The Hall–Kier alpha value is -3.87. The lowest BCUT2D eigenvalue weighted by atomic mass is 9.82. The summed E-state index contributed by atoms with van der Waals surface area (Å²) in [5, 5.41) is 0. The number of fused-ring (bicyclic) bond motifs is 2. The van der Waals surface area contributed by atoms with Gasteiger partial charge in [-0.2, -0.15) is 0 Å². The molecule has 8 nitrogen and oxygen atoms in total. The summed E-state index contributed by atoms with van der Waals surface area (Å²) in [7, 11) is 2.68. The van der Waals surface area contributed by atoms with Gasteiger partial charge in [0.05, 0.1) is 25.3 Å². The summed E-state index contributed by atoms with van der Waals surface area (Å²) in [5.41, 5.74) is 2.20. The molecule has 0 spiro atoms. The van der Waals surface area contributed by atoms with Crippen LogP contribution in [0, 0.1) is 0 Å². The third-order valence-electron chi connectivity index (χ3n) is 4.75. The first-order chi connectivity index (χ1) is 18.7. The third kappa shape index (κ3) is 9.11. The molecule has 40 heavy (non-hydrogen) atoms. The van der Waals surface area contributed by atoms with Crippen LogP contribution in [0.4, 0.5) is 12.9 Å². The molecule has 0 unspecified atom stereocenters. The molecule has 4 aromatic heterocycles. The van der Waals surface area contributed by atoms with Crippen molar-refractivity contribution in [2.75, 3.05) is 14.2 Å². The van der Waals surface area contributed by atoms with E-state index in [1.165, 1.54) is 20.6 Å². The number of hydrogen-bond donors (Lipinski definition) is 0. The lowest BCUT2D eigenvalue weighted by Crippen LogP contribution is -2.15. The van der Waals surface area contributed by atoms with Gasteiger partial charge in [0.2, 0.25) is 0 Å². The Bertz CT molecular complexity index is 1480. The van der Waals surface area contributed by atoms with Crippen molar-refractivity contribution >= 4 is 51.5 Å². The number of halogens is 4. The highest BCUT2D eigenvalue weighted by Crippen LogP contribution is 2.19. The molecule has 0 saturated heterocycles. The molecule has 4 heterocycles. The molecule has 0 N–H and O–H groups in total. The molecule has 0 aliphatic rings. The summed E-state index contributed by atoms with van der Waals surface area (Å²) in [6.45, 7) is 8.88. The summed E-state index contributed by atoms with van der Waals surface area (Å²) in [6.07, 6.45) is 4.91. The van der Waals surface area contributed by atoms with Crippen molar-refractivity contribution in [3.63, 3.8) is 0 Å². The normalized spacial score (nSPS) is 10.2. The van der Waals surface area contributed by atoms with Crippen LogP contribution in [0.2, 0.25) is 0 Å². The van der Waals surface area contributed by atoms with Crippen LogP contribution in [0.25, 0.3) is 16.6 Å². The molecule has 216 valence electrons. The van der Waals surface area contributed by atoms with E-state index in [2.05, 4.69) is 57.6 Å². The van der Waals surface area contributed by atoms with Crippen molar-refractivity contribution < 1.29 is 32.0 Å². The van der Waals surface area contributed by atoms with Crippen molar-refractivity contribution in [1.29, 1.82) is 0 Å². The molecular weight excluding hydrogens is 592 g/mol. The Morgan fingerprint density at radius 1 is 0.875 bits per heavy atom. The van der Waals surface area contributed by atoms with Crippen LogP contribution < -0.4 is 0 Å². The minimum absolute atomic E-state index is 0.319. The largest absolute Gasteiger partial charge is 0.504 e. The summed E-state index contributed by atoms with van der Waals surface area (Å²) in [4.78, 5) is 31.2. The standard InChI is InChI=1S/C12H12N2O2.C9H7BrN2O2.C3H5BF3.C3H8/c1-8(2)11-13-10(12(15)16-3)9-6-4-5-7-14(9)11;1-14-8(13)7-6-4-2-3-5-12(6)9(10)11-7;1-3(2)4(5,6)7;1-3-2/h4-7H,1H2,2-3H3;2-5H,1H3;1H2,2H3;3H2,1-2H3/q;;-1;. The maximum Gasteiger partial charge on any atom is 0.504 e. The Morgan fingerprint density at radius 2 is 1.27 bits per heavy atom. The van der Waals surface area contributed by atoms with E-state index in [9.17, 15) is 22.5 Å². The lowest BCUT2D eigenvalue weighted by molar-refractivity contribution is 0.0588. The summed E-state index contributed by atoms with van der Waals surface area (Å²) in [6, 6.07) is 11.1. The highest BCUT2D eigenvalue weighted by atomic mass is 79.9. The molecule has 0 radical (unpaired) electrons. The Morgan fingerprint density at radius 3 is 1.68 bits per heavy atom. The van der Waals surface area contributed by atoms with Gasteiger partial charge in [-0.25, -0.2) is 19.6 Å². The van der Waals surface area contributed by atoms with Crippen molar-refractivity contribution in [2.45, 2.75) is 34.1 Å². The Kier molecular flexibility index (Phi) is 13.4. The minimum Gasteiger partial charge on any atom is -0.464 e. The van der Waals surface area contributed by atoms with Gasteiger partial charge in [-0.05, 0) is 52.7 Å². The number of hydrogen-bond acceptors (Lipinski definition) is 6. The van der Waals surface area contributed by atoms with E-state index in [1.807, 2.05) is 60.1 Å². The first-order valence-electron chi connectivity index (χ1n) is 12.0. The monoisotopic (exact) mass is 623 g/mol. The number of methoxy groups -OCH3 is 2. The lowest BCUT2D eigenvalue weighted by Gasteiger charge is -2.11. The molecule has 0 atom stereocenters. The topological polar surface area (TPSA) is 87.2 Å². The van der Waals surface area contributed by atoms with Crippen LogP contribution in [-0.2, 0) is 9.47 Å². The molecule has 4 aromatic rings. The predicted molar refractivity (Wildman–Crippen MR) is 155 cm³/mol. The second-order valence-electron chi connectivity index (χ2n) is 8.32. The fourth-order valence-electron chi connectivity index (χ4n) is 2.83. The highest BCUT2D eigenvalue weighted by molar-refractivity contribution is 9.10. The van der Waals surface area contributed by atoms with Gasteiger partial charge in [0.15, 0.2) is 16.1 Å². The van der Waals surface area contributed by atoms with Crippen molar-refractivity contribution in [3.8, 4) is 0 Å². The average Bonchev–Trinajstić information content (AvgIpc) is 3.47. The smallest absolute Gasteiger partial charge is 0.464 e. The second kappa shape index (κ2) is 15.7. The number of ether oxygens (including phenoxy) is 2. The zero-order chi connectivity index (χ0) is 30.6. The fraction of sp³-hybridized carbons (Fsp3) is 0.259. The van der Waals surface area contributed by atoms with Crippen LogP contribution in [-0.4, -0.2) is 51.9 Å². The van der Waals surface area contributed by atoms with Gasteiger partial charge in [-0.1, -0.05) is 45.9 Å². The van der Waals surface area contributed by atoms with E-state index in [-0.39, 0.29) is 0 Å². The molecule has 0 fully saturated rings. The van der Waals surface area contributed by atoms with Gasteiger partial charge in [0, 0.05) is 12.4 Å². The zero-order valence-corrected chi connectivity index (χ0v) is 24.8. The van der Waals surface area contributed by atoms with Crippen molar-refractivity contribution in [1.82, 2.24) is 18.8 Å². The van der Waals surface area contributed by atoms with Gasteiger partial charge < -0.3 is 22.4 Å². The van der Waals surface area contributed by atoms with Crippen LogP contribution in [0.3, 0.4) is 0 Å². The van der Waals surface area contributed by atoms with Gasteiger partial charge in [-0.15, -0.1) is 12.1 Å². The molecule has 0 bridgehead atoms. The summed E-state index contributed by atoms with van der Waals surface area (Å²) >= 11 is 3.26. The van der Waals surface area contributed by atoms with E-state index >= 15 is 0 Å². The summed E-state index contributed by atoms with van der Waals surface area (Å²) < 4.78 is 46.9. The Labute approximate surface area is 239 Å². The van der Waals surface area contributed by atoms with Crippen LogP contribution in [0.1, 0.15) is 60.9 Å². The number of esters is 2. The maximum atomic E-state index is 11.5. The molecule has 4 rings (SSSR count). The van der Waals surface area contributed by atoms with E-state index in [0.29, 0.717) is 21.9 Å². The quantitative estimate of drug-likeness (QED) is 0.174. The number of pyridine rings is 2. The number of rotatable bonds is 4. The van der Waals surface area contributed by atoms with Gasteiger partial charge in [0.1, 0.15) is 5.82 Å². The van der Waals surface area contributed by atoms with Crippen LogP contribution in [0.5, 0.6) is 0 Å². The number of nitrogens with zero attached hydrogens (tertiary/aromatic N) is 4. The van der Waals surface area contributed by atoms with Gasteiger partial charge in [0.25, 0.3) is 0 Å². The highest BCUT2D eigenvalue weighted by Gasteiger charge is 2.22. The number of aromatic nitrogens is 4. The SMILES string of the molecule is C=C(C)[B-](F)(F)F.C=C(C)c1nc(C(=O)OC)c2ccccn12.CCC.COC(=O)c1nc(Br)n2ccccc12. The number of carbonyl (C=O) groups is 2.